The number of nitrogens with zero attached hydrogens (tertiary/aromatic N) is 8. The molecule has 24 aromatic rings. The molecule has 0 spiro atoms. The summed E-state index contributed by atoms with van der Waals surface area (Å²) in [4.78, 5) is 20.4. The third-order valence-corrected chi connectivity index (χ3v) is 23.5. The maximum atomic E-state index is 13.7. The van der Waals surface area contributed by atoms with Gasteiger partial charge >= 0.3 is 54.9 Å². The van der Waals surface area contributed by atoms with E-state index in [1.165, 1.54) is 106 Å². The van der Waals surface area contributed by atoms with Gasteiger partial charge in [0.15, 0.2) is 0 Å². The summed E-state index contributed by atoms with van der Waals surface area (Å²) in [7, 11) is 15.9. The first kappa shape index (κ1) is 86.5. The molecule has 644 valence electrons. The van der Waals surface area contributed by atoms with Crippen LogP contribution in [0.5, 0.6) is 23.0 Å². The maximum absolute atomic E-state index is 13.7. The number of imidazole rings is 4. The molecule has 132 heavy (non-hydrogen) atoms. The second-order valence-electron chi connectivity index (χ2n) is 30.7. The number of fused-ring (bicyclic) bond motifs is 24. The fourth-order valence-electron chi connectivity index (χ4n) is 17.7. The van der Waals surface area contributed by atoms with Gasteiger partial charge < -0.3 is 37.2 Å². The van der Waals surface area contributed by atoms with E-state index in [9.17, 15) is 17.6 Å². The van der Waals surface area contributed by atoms with Crippen molar-refractivity contribution in [3.8, 4) is 91.3 Å². The molecular weight excluding hydrogens is 2050 g/mol. The molecule has 4 aromatic heterocycles. The van der Waals surface area contributed by atoms with Gasteiger partial charge in [-0.2, -0.15) is 0 Å². The Bertz CT molecular complexity index is 7410. The quantitative estimate of drug-likeness (QED) is 0.0676. The molecule has 0 bridgehead atoms. The second-order valence-corrected chi connectivity index (χ2v) is 30.7. The van der Waals surface area contributed by atoms with E-state index >= 15 is 0 Å². The van der Waals surface area contributed by atoms with Crippen LogP contribution in [0.25, 0.3) is 199 Å². The Morgan fingerprint density at radius 3 is 0.530 bits per heavy atom. The van der Waals surface area contributed by atoms with Crippen LogP contribution < -0.4 is 18.9 Å². The number of halogens is 6. The van der Waals surface area contributed by atoms with Gasteiger partial charge in [-0.3, -0.25) is 37.5 Å². The number of hydrogen-bond donors (Lipinski definition) is 0. The summed E-state index contributed by atoms with van der Waals surface area (Å²) in [5.74, 6) is 4.69. The number of ether oxygens (including phenoxy) is 4. The fraction of sp³-hybridized carbons (Fsp3) is 0.0357. The normalized spacial score (nSPS) is 11.2. The second kappa shape index (κ2) is 38.1. The van der Waals surface area contributed by atoms with E-state index in [0.29, 0.717) is 23.3 Å². The molecule has 20 aromatic carbocycles. The van der Waals surface area contributed by atoms with Gasteiger partial charge in [0.1, 0.15) is 23.0 Å². The van der Waals surface area contributed by atoms with E-state index in [4.69, 9.17) is 38.9 Å². The average molecular weight is 2130 g/mol. The van der Waals surface area contributed by atoms with E-state index in [1.807, 2.05) is 146 Å². The Morgan fingerprint density at radius 1 is 0.212 bits per heavy atom. The van der Waals surface area contributed by atoms with Crippen LogP contribution in [-0.4, -0.2) is 66.6 Å². The van der Waals surface area contributed by atoms with Crippen LogP contribution in [0, 0.1) is 47.5 Å². The molecule has 0 N–H and O–H groups in total. The van der Waals surface area contributed by atoms with Crippen molar-refractivity contribution in [1.29, 1.82) is 0 Å². The molecule has 0 fully saturated rings. The summed E-state index contributed by atoms with van der Waals surface area (Å²) < 4.78 is 84.6. The predicted molar refractivity (Wildman–Crippen MR) is 519 cm³/mol. The molecular formula is C112H72Cl2F4Ir2N8O4. The number of aromatic nitrogens is 8. The van der Waals surface area contributed by atoms with E-state index in [-0.39, 0.29) is 23.3 Å². The van der Waals surface area contributed by atoms with Crippen LogP contribution >= 0.6 is 19.2 Å². The van der Waals surface area contributed by atoms with Crippen molar-refractivity contribution >= 4 is 149 Å². The number of rotatable bonds is 12. The molecule has 0 amide bonds. The zero-order valence-corrected chi connectivity index (χ0v) is 77.1. The van der Waals surface area contributed by atoms with E-state index in [1.54, 1.807) is 52.7 Å². The van der Waals surface area contributed by atoms with Crippen molar-refractivity contribution in [3.05, 3.63) is 412 Å². The van der Waals surface area contributed by atoms with Gasteiger partial charge in [-0.1, -0.05) is 194 Å². The Balaban J connectivity index is 0.000000112. The third kappa shape index (κ3) is 16.1. The Labute approximate surface area is 785 Å². The standard InChI is InChI=1S/4C28H18FN2O.2ClH.2Ir/c4*1-32-21-16-14-20(15-17-21)31-27-25-9-5-3-7-23(25)22-6-2-4-8-24(22)26(27)30-28(31)18-10-12-19(29)13-11-18;;;;/h4*2-10,12-17H,1H3;2*1H;;/q4*-1;;;2*+3/p-2. The molecule has 0 radical (unpaired) electrons. The van der Waals surface area contributed by atoms with Gasteiger partial charge in [0.25, 0.3) is 0 Å². The summed E-state index contributed by atoms with van der Waals surface area (Å²) >= 11 is 2.94. The Hall–Kier alpha value is -14.8. The van der Waals surface area contributed by atoms with Gasteiger partial charge in [0, 0.05) is 89.1 Å². The Kier molecular flexibility index (Phi) is 25.0. The first-order valence-corrected chi connectivity index (χ1v) is 47.7. The zero-order valence-electron chi connectivity index (χ0n) is 70.8. The van der Waals surface area contributed by atoms with E-state index < -0.39 is 0 Å². The van der Waals surface area contributed by atoms with Crippen molar-refractivity contribution < 1.29 is 72.3 Å². The van der Waals surface area contributed by atoms with Crippen molar-refractivity contribution in [2.75, 3.05) is 28.4 Å². The van der Waals surface area contributed by atoms with E-state index in [0.717, 1.165) is 177 Å². The minimum absolute atomic E-state index is 0.322. The molecule has 0 aliphatic heterocycles. The van der Waals surface area contributed by atoms with Crippen LogP contribution in [0.2, 0.25) is 0 Å². The molecule has 0 unspecified atom stereocenters. The minimum atomic E-state index is -0.322. The number of benzene rings is 20. The predicted octanol–water partition coefficient (Wildman–Crippen LogP) is 29.2. The molecule has 20 heteroatoms. The van der Waals surface area contributed by atoms with Gasteiger partial charge in [-0.15, -0.1) is 119 Å². The monoisotopic (exact) mass is 2120 g/mol. The van der Waals surface area contributed by atoms with Gasteiger partial charge in [-0.25, -0.2) is 0 Å². The van der Waals surface area contributed by atoms with Crippen LogP contribution in [0.1, 0.15) is 0 Å². The van der Waals surface area contributed by atoms with Crippen LogP contribution in [-0.2, 0) is 35.8 Å². The Morgan fingerprint density at radius 2 is 0.371 bits per heavy atom. The van der Waals surface area contributed by atoms with Crippen molar-refractivity contribution in [1.82, 2.24) is 38.2 Å². The molecule has 0 saturated heterocycles. The zero-order chi connectivity index (χ0) is 90.6. The van der Waals surface area contributed by atoms with Crippen molar-refractivity contribution in [2.45, 2.75) is 0 Å². The average Bonchev–Trinajstić information content (AvgIpc) is 1.57. The first-order valence-electron chi connectivity index (χ1n) is 41.8. The fourth-order valence-corrected chi connectivity index (χ4v) is 17.7. The van der Waals surface area contributed by atoms with Crippen LogP contribution in [0.4, 0.5) is 17.6 Å². The summed E-state index contributed by atoms with van der Waals surface area (Å²) in [6, 6.07) is 129. The first-order chi connectivity index (χ1) is 65.0. The van der Waals surface area contributed by atoms with Gasteiger partial charge in [0.05, 0.1) is 95.9 Å². The van der Waals surface area contributed by atoms with Crippen LogP contribution in [0.15, 0.2) is 364 Å². The molecule has 0 aliphatic carbocycles. The molecule has 12 nitrogen and oxygen atoms in total. The van der Waals surface area contributed by atoms with Crippen LogP contribution in [0.3, 0.4) is 0 Å². The van der Waals surface area contributed by atoms with E-state index in [2.05, 4.69) is 207 Å². The molecule has 24 rings (SSSR count). The van der Waals surface area contributed by atoms with Crippen molar-refractivity contribution in [2.24, 2.45) is 0 Å². The topological polar surface area (TPSA) is 108 Å². The SMILES string of the molecule is COc1ccc(-n2c(-c3[c-]cc(F)cc3)nc3c4ccccc4c4ccccc4c32)cc1.COc1ccc(-n2c(-c3[c-]cc(F)cc3)nc3c4ccccc4c4ccccc4c32)cc1.COc1ccc(-n2c(-c3[c-]cc(F)cc3)nc3c4ccccc4c4ccccc4c32)cc1.COc1ccc(-n2c(-c3[c-]cc(F)cc3)nc3c4ccccc4c4ccccc4c32)cc1.[Cl][Ir+2].[Cl][Ir+2]. The number of methoxy groups -OCH3 is 4. The summed E-state index contributed by atoms with van der Waals surface area (Å²) in [5, 5.41) is 18.1. The summed E-state index contributed by atoms with van der Waals surface area (Å²) in [6.45, 7) is 0. The van der Waals surface area contributed by atoms with Gasteiger partial charge in [-0.05, 0) is 140 Å². The van der Waals surface area contributed by atoms with Crippen molar-refractivity contribution in [3.63, 3.8) is 0 Å². The van der Waals surface area contributed by atoms with Gasteiger partial charge in [0.2, 0.25) is 0 Å². The number of hydrogen-bond acceptors (Lipinski definition) is 8. The summed E-state index contributed by atoms with van der Waals surface area (Å²) in [6.07, 6.45) is 0. The molecule has 0 saturated carbocycles. The molecule has 0 aliphatic rings. The molecule has 0 atom stereocenters. The molecule has 4 heterocycles. The summed E-state index contributed by atoms with van der Waals surface area (Å²) in [5.41, 5.74) is 14.4. The third-order valence-electron chi connectivity index (χ3n) is 23.5.